The van der Waals surface area contributed by atoms with Crippen molar-refractivity contribution in [2.45, 2.75) is 26.7 Å². The van der Waals surface area contributed by atoms with E-state index in [1.165, 1.54) is 5.56 Å². The Morgan fingerprint density at radius 2 is 1.73 bits per heavy atom. The number of anilines is 1. The van der Waals surface area contributed by atoms with Gasteiger partial charge in [0.05, 0.1) is 11.9 Å². The third kappa shape index (κ3) is 5.59. The lowest BCUT2D eigenvalue weighted by molar-refractivity contribution is 0.0949. The largest absolute Gasteiger partial charge is 0.351 e. The Morgan fingerprint density at radius 1 is 1.08 bits per heavy atom. The first-order chi connectivity index (χ1) is 12.2. The van der Waals surface area contributed by atoms with Crippen molar-refractivity contribution in [3.05, 3.63) is 65.2 Å². The summed E-state index contributed by atoms with van der Waals surface area (Å²) >= 11 is 0. The molecular weight excluding hydrogens is 348 g/mol. The Kier molecular flexibility index (Phi) is 6.42. The molecular formula is C20H26N2O3S. The third-order valence-electron chi connectivity index (χ3n) is 4.31. The van der Waals surface area contributed by atoms with E-state index in [1.54, 1.807) is 25.1 Å². The van der Waals surface area contributed by atoms with Crippen LogP contribution in [0.15, 0.2) is 48.5 Å². The molecule has 0 aliphatic carbocycles. The van der Waals surface area contributed by atoms with Crippen LogP contribution in [0, 0.1) is 12.8 Å². The lowest BCUT2D eigenvalue weighted by atomic mass is 9.88. The van der Waals surface area contributed by atoms with E-state index in [9.17, 15) is 13.2 Å². The zero-order valence-corrected chi connectivity index (χ0v) is 16.4. The maximum atomic E-state index is 12.5. The molecule has 0 spiro atoms. The lowest BCUT2D eigenvalue weighted by Crippen LogP contribution is -2.30. The van der Waals surface area contributed by atoms with Gasteiger partial charge >= 0.3 is 0 Å². The number of hydrogen-bond donors (Lipinski definition) is 2. The van der Waals surface area contributed by atoms with Crippen LogP contribution >= 0.6 is 0 Å². The maximum Gasteiger partial charge on any atom is 0.251 e. The van der Waals surface area contributed by atoms with Gasteiger partial charge in [-0.2, -0.15) is 0 Å². The minimum absolute atomic E-state index is 0.208. The summed E-state index contributed by atoms with van der Waals surface area (Å²) in [4.78, 5) is 12.5. The zero-order valence-electron chi connectivity index (χ0n) is 15.6. The molecule has 0 saturated heterocycles. The van der Waals surface area contributed by atoms with E-state index in [4.69, 9.17) is 0 Å². The number of benzene rings is 2. The molecule has 5 nitrogen and oxygen atoms in total. The van der Waals surface area contributed by atoms with E-state index in [0.717, 1.165) is 11.8 Å². The first-order valence-corrected chi connectivity index (χ1v) is 10.5. The van der Waals surface area contributed by atoms with E-state index in [-0.39, 0.29) is 11.8 Å². The molecule has 0 aromatic heterocycles. The summed E-state index contributed by atoms with van der Waals surface area (Å²) in [6.45, 7) is 6.57. The number of carbonyl (C=O) groups is 1. The van der Waals surface area contributed by atoms with Crippen molar-refractivity contribution >= 4 is 21.6 Å². The second kappa shape index (κ2) is 8.36. The van der Waals surface area contributed by atoms with Gasteiger partial charge in [-0.3, -0.25) is 9.52 Å². The number of rotatable bonds is 7. The normalized spacial score (nSPS) is 12.7. The summed E-state index contributed by atoms with van der Waals surface area (Å²) in [7, 11) is -3.40. The van der Waals surface area contributed by atoms with Crippen LogP contribution in [0.25, 0.3) is 0 Å². The SMILES string of the molecule is Cc1ccc(C(=O)NCC(c2ccccc2)C(C)C)cc1NS(C)(=O)=O. The molecule has 0 aliphatic heterocycles. The van der Waals surface area contributed by atoms with Crippen LogP contribution < -0.4 is 10.0 Å². The molecule has 0 aliphatic rings. The standard InChI is InChI=1S/C20H26N2O3S/c1-14(2)18(16-8-6-5-7-9-16)13-21-20(23)17-11-10-15(3)19(12-17)22-26(4,24)25/h5-12,14,18,22H,13H2,1-4H3,(H,21,23). The fourth-order valence-electron chi connectivity index (χ4n) is 2.82. The zero-order chi connectivity index (χ0) is 19.3. The highest BCUT2D eigenvalue weighted by Gasteiger charge is 2.17. The van der Waals surface area contributed by atoms with Gasteiger partial charge in [0.25, 0.3) is 5.91 Å². The maximum absolute atomic E-state index is 12.5. The van der Waals surface area contributed by atoms with E-state index in [0.29, 0.717) is 23.7 Å². The molecule has 6 heteroatoms. The van der Waals surface area contributed by atoms with Crippen molar-refractivity contribution in [1.29, 1.82) is 0 Å². The van der Waals surface area contributed by atoms with Gasteiger partial charge in [-0.15, -0.1) is 0 Å². The van der Waals surface area contributed by atoms with E-state index in [1.807, 2.05) is 18.2 Å². The van der Waals surface area contributed by atoms with Crippen molar-refractivity contribution in [3.8, 4) is 0 Å². The quantitative estimate of drug-likeness (QED) is 0.778. The van der Waals surface area contributed by atoms with Crippen LogP contribution in [0.2, 0.25) is 0 Å². The van der Waals surface area contributed by atoms with Crippen molar-refractivity contribution in [3.63, 3.8) is 0 Å². The second-order valence-corrected chi connectivity index (χ2v) is 8.62. The molecule has 0 fully saturated rings. The molecule has 0 heterocycles. The second-order valence-electron chi connectivity index (χ2n) is 6.88. The van der Waals surface area contributed by atoms with Crippen LogP contribution in [0.4, 0.5) is 5.69 Å². The third-order valence-corrected chi connectivity index (χ3v) is 4.90. The van der Waals surface area contributed by atoms with Crippen LogP contribution in [-0.2, 0) is 10.0 Å². The van der Waals surface area contributed by atoms with E-state index in [2.05, 4.69) is 36.0 Å². The molecule has 0 radical (unpaired) electrons. The summed E-state index contributed by atoms with van der Waals surface area (Å²) in [5, 5.41) is 2.97. The number of aryl methyl sites for hydroxylation is 1. The van der Waals surface area contributed by atoms with Gasteiger partial charge < -0.3 is 5.32 Å². The average molecular weight is 375 g/mol. The highest BCUT2D eigenvalue weighted by Crippen LogP contribution is 2.24. The Balaban J connectivity index is 2.13. The Labute approximate surface area is 155 Å². The van der Waals surface area contributed by atoms with Gasteiger partial charge in [0.15, 0.2) is 0 Å². The summed E-state index contributed by atoms with van der Waals surface area (Å²) in [6, 6.07) is 15.1. The Morgan fingerprint density at radius 3 is 2.31 bits per heavy atom. The number of sulfonamides is 1. The monoisotopic (exact) mass is 374 g/mol. The van der Waals surface area contributed by atoms with Gasteiger partial charge in [0, 0.05) is 18.0 Å². The number of hydrogen-bond acceptors (Lipinski definition) is 3. The number of carbonyl (C=O) groups excluding carboxylic acids is 1. The highest BCUT2D eigenvalue weighted by molar-refractivity contribution is 7.92. The van der Waals surface area contributed by atoms with Crippen LogP contribution in [0.5, 0.6) is 0 Å². The molecule has 1 unspecified atom stereocenters. The first-order valence-electron chi connectivity index (χ1n) is 8.59. The van der Waals surface area contributed by atoms with Gasteiger partial charge in [0.2, 0.25) is 10.0 Å². The van der Waals surface area contributed by atoms with Crippen molar-refractivity contribution in [1.82, 2.24) is 5.32 Å². The smallest absolute Gasteiger partial charge is 0.251 e. The number of nitrogens with one attached hydrogen (secondary N) is 2. The van der Waals surface area contributed by atoms with Crippen molar-refractivity contribution in [2.75, 3.05) is 17.5 Å². The predicted molar refractivity (Wildman–Crippen MR) is 106 cm³/mol. The van der Waals surface area contributed by atoms with E-state index >= 15 is 0 Å². The summed E-state index contributed by atoms with van der Waals surface area (Å²) < 4.78 is 25.4. The molecule has 2 rings (SSSR count). The Bertz CT molecular complexity index is 862. The number of amides is 1. The molecule has 2 N–H and O–H groups in total. The molecule has 0 bridgehead atoms. The fourth-order valence-corrected chi connectivity index (χ4v) is 3.44. The molecule has 1 atom stereocenters. The molecule has 1 amide bonds. The molecule has 26 heavy (non-hydrogen) atoms. The highest BCUT2D eigenvalue weighted by atomic mass is 32.2. The van der Waals surface area contributed by atoms with Gasteiger partial charge in [0.1, 0.15) is 0 Å². The van der Waals surface area contributed by atoms with Crippen LogP contribution in [-0.4, -0.2) is 27.1 Å². The van der Waals surface area contributed by atoms with Crippen LogP contribution in [0.3, 0.4) is 0 Å². The lowest BCUT2D eigenvalue weighted by Gasteiger charge is -2.22. The first kappa shape index (κ1) is 20.0. The average Bonchev–Trinajstić information content (AvgIpc) is 2.56. The predicted octanol–water partition coefficient (Wildman–Crippen LogP) is 3.54. The van der Waals surface area contributed by atoms with Crippen LogP contribution in [0.1, 0.15) is 41.3 Å². The summed E-state index contributed by atoms with van der Waals surface area (Å²) in [6.07, 6.45) is 1.09. The minimum Gasteiger partial charge on any atom is -0.351 e. The molecule has 2 aromatic rings. The molecule has 0 saturated carbocycles. The Hall–Kier alpha value is -2.34. The van der Waals surface area contributed by atoms with Crippen molar-refractivity contribution in [2.24, 2.45) is 5.92 Å². The van der Waals surface area contributed by atoms with Gasteiger partial charge in [-0.25, -0.2) is 8.42 Å². The molecule has 2 aromatic carbocycles. The summed E-state index contributed by atoms with van der Waals surface area (Å²) in [5.41, 5.74) is 2.79. The van der Waals surface area contributed by atoms with E-state index < -0.39 is 10.0 Å². The summed E-state index contributed by atoms with van der Waals surface area (Å²) in [5.74, 6) is 0.362. The van der Waals surface area contributed by atoms with Crippen molar-refractivity contribution < 1.29 is 13.2 Å². The fraction of sp³-hybridized carbons (Fsp3) is 0.350. The minimum atomic E-state index is -3.40. The molecule has 140 valence electrons. The topological polar surface area (TPSA) is 75.3 Å². The van der Waals surface area contributed by atoms with Gasteiger partial charge in [-0.05, 0) is 36.1 Å². The van der Waals surface area contributed by atoms with Gasteiger partial charge in [-0.1, -0.05) is 50.2 Å².